The number of amides is 1. The molecule has 0 fully saturated rings. The highest BCUT2D eigenvalue weighted by molar-refractivity contribution is 6.06. The molecule has 0 spiro atoms. The van der Waals surface area contributed by atoms with Crippen LogP contribution in [0.3, 0.4) is 0 Å². The van der Waals surface area contributed by atoms with Crippen LogP contribution in [0.2, 0.25) is 0 Å². The molecule has 3 aliphatic rings. The molecule has 1 N–H and O–H groups in total. The standard InChI is InChI=1S/C29H29FN2O5/c1-32-20-5-3-7-22(33)28(20)27(29-21(32)6-4-8-23(29)34)17-9-14-24(25(15-17)36-2)37-16-26(35)31-19-12-10-18(30)11-13-19/h9-15,27H,3-8,16H2,1-2H3,(H,31,35). The van der Waals surface area contributed by atoms with Crippen LogP contribution in [0.1, 0.15) is 50.0 Å². The number of anilines is 1. The van der Waals surface area contributed by atoms with Gasteiger partial charge in [0.15, 0.2) is 29.7 Å². The molecule has 0 saturated heterocycles. The van der Waals surface area contributed by atoms with Crippen molar-refractivity contribution in [2.24, 2.45) is 0 Å². The summed E-state index contributed by atoms with van der Waals surface area (Å²) in [5, 5.41) is 2.65. The number of methoxy groups -OCH3 is 1. The van der Waals surface area contributed by atoms with Crippen LogP contribution in [0, 0.1) is 5.82 Å². The van der Waals surface area contributed by atoms with Gasteiger partial charge >= 0.3 is 0 Å². The van der Waals surface area contributed by atoms with Crippen molar-refractivity contribution in [3.8, 4) is 11.5 Å². The molecule has 0 radical (unpaired) electrons. The van der Waals surface area contributed by atoms with Crippen molar-refractivity contribution in [3.63, 3.8) is 0 Å². The van der Waals surface area contributed by atoms with E-state index in [1.54, 1.807) is 12.1 Å². The first-order valence-electron chi connectivity index (χ1n) is 12.5. The second-order valence-electron chi connectivity index (χ2n) is 9.52. The van der Waals surface area contributed by atoms with E-state index in [0.29, 0.717) is 41.2 Å². The number of ketones is 2. The van der Waals surface area contributed by atoms with Gasteiger partial charge in [0.1, 0.15) is 5.82 Å². The molecule has 8 heteroatoms. The Labute approximate surface area is 214 Å². The summed E-state index contributed by atoms with van der Waals surface area (Å²) < 4.78 is 24.4. The zero-order valence-electron chi connectivity index (χ0n) is 20.9. The minimum absolute atomic E-state index is 0.0831. The molecule has 0 saturated carbocycles. The zero-order valence-corrected chi connectivity index (χ0v) is 20.9. The highest BCUT2D eigenvalue weighted by Gasteiger charge is 2.42. The number of Topliss-reactive ketones (excluding diaryl/α,β-unsaturated/α-hetero) is 2. The molecule has 0 atom stereocenters. The Morgan fingerprint density at radius 2 is 1.57 bits per heavy atom. The first-order valence-corrected chi connectivity index (χ1v) is 12.5. The second kappa shape index (κ2) is 10.2. The molecule has 1 amide bonds. The van der Waals surface area contributed by atoms with Crippen molar-refractivity contribution in [3.05, 3.63) is 76.4 Å². The Morgan fingerprint density at radius 3 is 2.16 bits per heavy atom. The molecule has 192 valence electrons. The third kappa shape index (κ3) is 4.75. The van der Waals surface area contributed by atoms with E-state index >= 15 is 0 Å². The lowest BCUT2D eigenvalue weighted by molar-refractivity contribution is -0.118. The van der Waals surface area contributed by atoms with Gasteiger partial charge in [-0.25, -0.2) is 4.39 Å². The first kappa shape index (κ1) is 24.7. The quantitative estimate of drug-likeness (QED) is 0.603. The van der Waals surface area contributed by atoms with Crippen molar-refractivity contribution in [2.45, 2.75) is 44.4 Å². The molecule has 37 heavy (non-hydrogen) atoms. The molecule has 2 aliphatic carbocycles. The summed E-state index contributed by atoms with van der Waals surface area (Å²) in [7, 11) is 3.47. The van der Waals surface area contributed by atoms with Gasteiger partial charge in [0.2, 0.25) is 0 Å². The monoisotopic (exact) mass is 504 g/mol. The molecule has 0 aromatic heterocycles. The van der Waals surface area contributed by atoms with Crippen LogP contribution in [0.5, 0.6) is 11.5 Å². The number of ether oxygens (including phenoxy) is 2. The average Bonchev–Trinajstić information content (AvgIpc) is 2.90. The second-order valence-corrected chi connectivity index (χ2v) is 9.52. The van der Waals surface area contributed by atoms with Crippen molar-refractivity contribution in [2.75, 3.05) is 26.1 Å². The SMILES string of the molecule is COc1cc(C2C3=C(CCCC3=O)N(C)C3=C2C(=O)CCC3)ccc1OCC(=O)Nc1ccc(F)cc1. The fourth-order valence-corrected chi connectivity index (χ4v) is 5.54. The number of rotatable bonds is 6. The number of nitrogens with zero attached hydrogens (tertiary/aromatic N) is 1. The van der Waals surface area contributed by atoms with Crippen molar-refractivity contribution in [1.29, 1.82) is 0 Å². The summed E-state index contributed by atoms with van der Waals surface area (Å²) in [5.74, 6) is -0.299. The Bertz CT molecular complexity index is 1280. The number of carbonyl (C=O) groups excluding carboxylic acids is 3. The topological polar surface area (TPSA) is 84.9 Å². The third-order valence-electron chi connectivity index (χ3n) is 7.25. The van der Waals surface area contributed by atoms with Crippen LogP contribution in [0.4, 0.5) is 10.1 Å². The number of carbonyl (C=O) groups is 3. The minimum Gasteiger partial charge on any atom is -0.493 e. The lowest BCUT2D eigenvalue weighted by Crippen LogP contribution is -2.37. The van der Waals surface area contributed by atoms with Gasteiger partial charge in [-0.3, -0.25) is 14.4 Å². The lowest BCUT2D eigenvalue weighted by Gasteiger charge is -2.42. The molecular formula is C29H29FN2O5. The van der Waals surface area contributed by atoms with Crippen molar-refractivity contribution in [1.82, 2.24) is 4.90 Å². The summed E-state index contributed by atoms with van der Waals surface area (Å²) in [6.45, 7) is -0.275. The average molecular weight is 505 g/mol. The van der Waals surface area contributed by atoms with E-state index in [4.69, 9.17) is 9.47 Å². The Hall–Kier alpha value is -3.94. The van der Waals surface area contributed by atoms with Crippen LogP contribution in [-0.4, -0.2) is 43.1 Å². The highest BCUT2D eigenvalue weighted by Crippen LogP contribution is 2.49. The molecular weight excluding hydrogens is 475 g/mol. The van der Waals surface area contributed by atoms with Gasteiger partial charge in [-0.1, -0.05) is 6.07 Å². The number of nitrogens with one attached hydrogen (secondary N) is 1. The van der Waals surface area contributed by atoms with Gasteiger partial charge in [0.25, 0.3) is 5.91 Å². The number of allylic oxidation sites excluding steroid dienone is 4. The Morgan fingerprint density at radius 1 is 0.946 bits per heavy atom. The van der Waals surface area contributed by atoms with Crippen LogP contribution in [-0.2, 0) is 14.4 Å². The predicted octanol–water partition coefficient (Wildman–Crippen LogP) is 4.90. The van der Waals surface area contributed by atoms with Gasteiger partial charge < -0.3 is 19.7 Å². The molecule has 0 unspecified atom stereocenters. The lowest BCUT2D eigenvalue weighted by atomic mass is 9.71. The fraction of sp³-hybridized carbons (Fsp3) is 0.345. The van der Waals surface area contributed by atoms with E-state index in [1.807, 2.05) is 13.1 Å². The van der Waals surface area contributed by atoms with Crippen LogP contribution in [0.15, 0.2) is 65.0 Å². The summed E-state index contributed by atoms with van der Waals surface area (Å²) in [5.41, 5.74) is 4.67. The van der Waals surface area contributed by atoms with Gasteiger partial charge in [-0.2, -0.15) is 0 Å². The number of hydrogen-bond acceptors (Lipinski definition) is 6. The first-order chi connectivity index (χ1) is 17.9. The summed E-state index contributed by atoms with van der Waals surface area (Å²) in [6, 6.07) is 10.8. The smallest absolute Gasteiger partial charge is 0.262 e. The Kier molecular flexibility index (Phi) is 6.82. The van der Waals surface area contributed by atoms with Crippen LogP contribution >= 0.6 is 0 Å². The zero-order chi connectivity index (χ0) is 26.1. The number of hydrogen-bond donors (Lipinski definition) is 1. The molecule has 1 aliphatic heterocycles. The molecule has 5 rings (SSSR count). The number of benzene rings is 2. The molecule has 2 aromatic rings. The van der Waals surface area contributed by atoms with E-state index in [9.17, 15) is 18.8 Å². The van der Waals surface area contributed by atoms with Gasteiger partial charge in [-0.05, 0) is 67.6 Å². The summed E-state index contributed by atoms with van der Waals surface area (Å²) in [6.07, 6.45) is 4.17. The Balaban J connectivity index is 1.43. The third-order valence-corrected chi connectivity index (χ3v) is 7.25. The molecule has 2 aromatic carbocycles. The van der Waals surface area contributed by atoms with E-state index in [0.717, 1.165) is 42.6 Å². The number of halogens is 1. The largest absolute Gasteiger partial charge is 0.493 e. The van der Waals surface area contributed by atoms with Crippen LogP contribution in [0.25, 0.3) is 0 Å². The van der Waals surface area contributed by atoms with E-state index in [2.05, 4.69) is 10.2 Å². The summed E-state index contributed by atoms with van der Waals surface area (Å²) >= 11 is 0. The van der Waals surface area contributed by atoms with Crippen molar-refractivity contribution >= 4 is 23.2 Å². The molecule has 1 heterocycles. The predicted molar refractivity (Wildman–Crippen MR) is 136 cm³/mol. The van der Waals surface area contributed by atoms with Gasteiger partial charge in [0, 0.05) is 54.0 Å². The normalized spacial score (nSPS) is 18.0. The highest BCUT2D eigenvalue weighted by atomic mass is 19.1. The maximum absolute atomic E-state index is 13.2. The minimum atomic E-state index is -0.438. The van der Waals surface area contributed by atoms with Gasteiger partial charge in [0.05, 0.1) is 7.11 Å². The van der Waals surface area contributed by atoms with Crippen molar-refractivity contribution < 1.29 is 28.2 Å². The van der Waals surface area contributed by atoms with E-state index in [-0.39, 0.29) is 24.0 Å². The summed E-state index contributed by atoms with van der Waals surface area (Å²) in [4.78, 5) is 40.7. The van der Waals surface area contributed by atoms with E-state index < -0.39 is 11.8 Å². The maximum atomic E-state index is 13.2. The molecule has 0 bridgehead atoms. The maximum Gasteiger partial charge on any atom is 0.262 e. The fourth-order valence-electron chi connectivity index (χ4n) is 5.54. The van der Waals surface area contributed by atoms with E-state index in [1.165, 1.54) is 31.4 Å². The van der Waals surface area contributed by atoms with Crippen LogP contribution < -0.4 is 14.8 Å². The molecule has 7 nitrogen and oxygen atoms in total. The van der Waals surface area contributed by atoms with Gasteiger partial charge in [-0.15, -0.1) is 0 Å².